The fourth-order valence-corrected chi connectivity index (χ4v) is 3.56. The number of hydrogen-bond donors (Lipinski definition) is 0. The number of methoxy groups -OCH3 is 2. The van der Waals surface area contributed by atoms with E-state index in [1.165, 1.54) is 5.56 Å². The van der Waals surface area contributed by atoms with E-state index < -0.39 is 0 Å². The van der Waals surface area contributed by atoms with E-state index in [0.29, 0.717) is 19.1 Å². The van der Waals surface area contributed by atoms with Gasteiger partial charge in [0.05, 0.1) is 19.2 Å². The van der Waals surface area contributed by atoms with E-state index in [1.807, 2.05) is 6.07 Å². The van der Waals surface area contributed by atoms with E-state index in [4.69, 9.17) is 14.5 Å². The predicted molar refractivity (Wildman–Crippen MR) is 110 cm³/mol. The van der Waals surface area contributed by atoms with Gasteiger partial charge in [-0.2, -0.15) is 0 Å². The Bertz CT molecular complexity index is 914. The van der Waals surface area contributed by atoms with E-state index in [1.54, 1.807) is 14.2 Å². The van der Waals surface area contributed by atoms with Crippen LogP contribution in [0.3, 0.4) is 0 Å². The molecular weight excluding hydrogens is 392 g/mol. The molecule has 0 spiro atoms. The lowest BCUT2D eigenvalue weighted by Gasteiger charge is -2.12. The molecule has 3 aromatic rings. The van der Waals surface area contributed by atoms with Crippen LogP contribution in [0.1, 0.15) is 30.9 Å². The number of hydrogen-bond acceptors (Lipinski definition) is 3. The molecule has 2 aromatic carbocycles. The molecule has 0 atom stereocenters. The molecule has 0 amide bonds. The zero-order valence-electron chi connectivity index (χ0n) is 16.0. The number of aryl methyl sites for hydroxylation is 1. The second-order valence-corrected chi connectivity index (χ2v) is 7.59. The second-order valence-electron chi connectivity index (χ2n) is 6.74. The summed E-state index contributed by atoms with van der Waals surface area (Å²) in [6, 6.07) is 10.7. The molecule has 0 aliphatic heterocycles. The van der Waals surface area contributed by atoms with Crippen molar-refractivity contribution in [1.29, 1.82) is 0 Å². The van der Waals surface area contributed by atoms with Crippen molar-refractivity contribution in [3.8, 4) is 17.1 Å². The van der Waals surface area contributed by atoms with Crippen LogP contribution in [0, 0.1) is 6.92 Å². The van der Waals surface area contributed by atoms with Crippen LogP contribution in [0.5, 0.6) is 5.75 Å². The zero-order valence-corrected chi connectivity index (χ0v) is 17.6. The first-order valence-electron chi connectivity index (χ1n) is 8.80. The van der Waals surface area contributed by atoms with Crippen molar-refractivity contribution in [1.82, 2.24) is 9.55 Å². The highest BCUT2D eigenvalue weighted by Gasteiger charge is 2.19. The summed E-state index contributed by atoms with van der Waals surface area (Å²) in [4.78, 5) is 4.98. The van der Waals surface area contributed by atoms with Gasteiger partial charge in [-0.1, -0.05) is 54.0 Å². The molecule has 0 bridgehead atoms. The molecule has 26 heavy (non-hydrogen) atoms. The number of benzene rings is 2. The summed E-state index contributed by atoms with van der Waals surface area (Å²) >= 11 is 3.62. The van der Waals surface area contributed by atoms with Crippen molar-refractivity contribution in [3.05, 3.63) is 45.9 Å². The van der Waals surface area contributed by atoms with Gasteiger partial charge in [0.2, 0.25) is 0 Å². The van der Waals surface area contributed by atoms with E-state index in [0.717, 1.165) is 38.2 Å². The standard InChI is InChI=1S/C21H25BrN2O2/c1-13(2)15-6-8-16(9-7-15)21-23-19-14(3)17(22)12-18(26-5)20(19)24(21)10-11-25-4/h6-9,12-13H,10-11H2,1-5H3. The number of ether oxygens (including phenoxy) is 2. The third kappa shape index (κ3) is 3.38. The third-order valence-electron chi connectivity index (χ3n) is 4.75. The molecule has 4 nitrogen and oxygen atoms in total. The summed E-state index contributed by atoms with van der Waals surface area (Å²) in [5, 5.41) is 0. The molecule has 138 valence electrons. The quantitative estimate of drug-likeness (QED) is 0.528. The summed E-state index contributed by atoms with van der Waals surface area (Å²) in [6.45, 7) is 7.81. The van der Waals surface area contributed by atoms with Crippen LogP contribution in [0.2, 0.25) is 0 Å². The van der Waals surface area contributed by atoms with Crippen LogP contribution in [0.15, 0.2) is 34.8 Å². The van der Waals surface area contributed by atoms with Crippen molar-refractivity contribution < 1.29 is 9.47 Å². The smallest absolute Gasteiger partial charge is 0.145 e. The Labute approximate surface area is 163 Å². The van der Waals surface area contributed by atoms with Gasteiger partial charge in [0, 0.05) is 23.7 Å². The van der Waals surface area contributed by atoms with Crippen molar-refractivity contribution in [2.45, 2.75) is 33.2 Å². The number of imidazole rings is 1. The topological polar surface area (TPSA) is 36.3 Å². The number of rotatable bonds is 6. The van der Waals surface area contributed by atoms with E-state index in [2.05, 4.69) is 65.5 Å². The minimum atomic E-state index is 0.509. The molecule has 3 rings (SSSR count). The van der Waals surface area contributed by atoms with Gasteiger partial charge in [0.1, 0.15) is 17.1 Å². The van der Waals surface area contributed by atoms with Crippen LogP contribution in [0.4, 0.5) is 0 Å². The molecular formula is C21H25BrN2O2. The Morgan fingerprint density at radius 1 is 1.15 bits per heavy atom. The molecule has 0 radical (unpaired) electrons. The van der Waals surface area contributed by atoms with Crippen LogP contribution in [0.25, 0.3) is 22.4 Å². The minimum absolute atomic E-state index is 0.509. The number of aromatic nitrogens is 2. The molecule has 0 fully saturated rings. The predicted octanol–water partition coefficient (Wildman–Crippen LogP) is 5.55. The Morgan fingerprint density at radius 2 is 1.85 bits per heavy atom. The molecule has 0 aliphatic carbocycles. The van der Waals surface area contributed by atoms with Gasteiger partial charge < -0.3 is 14.0 Å². The van der Waals surface area contributed by atoms with Gasteiger partial charge in [-0.05, 0) is 30.0 Å². The maximum Gasteiger partial charge on any atom is 0.145 e. The minimum Gasteiger partial charge on any atom is -0.494 e. The lowest BCUT2D eigenvalue weighted by Crippen LogP contribution is -2.07. The fraction of sp³-hybridized carbons (Fsp3) is 0.381. The molecule has 1 aromatic heterocycles. The van der Waals surface area contributed by atoms with Crippen molar-refractivity contribution in [2.24, 2.45) is 0 Å². The van der Waals surface area contributed by atoms with Crippen molar-refractivity contribution in [3.63, 3.8) is 0 Å². The summed E-state index contributed by atoms with van der Waals surface area (Å²) in [5.41, 5.74) is 5.49. The normalized spacial score (nSPS) is 11.5. The average molecular weight is 417 g/mol. The maximum atomic E-state index is 5.65. The summed E-state index contributed by atoms with van der Waals surface area (Å²) in [5.74, 6) is 2.26. The molecule has 0 aliphatic rings. The van der Waals surface area contributed by atoms with Crippen LogP contribution >= 0.6 is 15.9 Å². The first kappa shape index (κ1) is 18.9. The second kappa shape index (κ2) is 7.80. The van der Waals surface area contributed by atoms with Crippen molar-refractivity contribution in [2.75, 3.05) is 20.8 Å². The first-order valence-corrected chi connectivity index (χ1v) is 9.59. The van der Waals surface area contributed by atoms with Gasteiger partial charge in [-0.15, -0.1) is 0 Å². The number of halogens is 1. The van der Waals surface area contributed by atoms with Gasteiger partial charge >= 0.3 is 0 Å². The van der Waals surface area contributed by atoms with Crippen molar-refractivity contribution >= 4 is 27.0 Å². The lowest BCUT2D eigenvalue weighted by atomic mass is 10.0. The van der Waals surface area contributed by atoms with Gasteiger partial charge in [-0.3, -0.25) is 0 Å². The number of nitrogens with zero attached hydrogens (tertiary/aromatic N) is 2. The molecule has 0 N–H and O–H groups in total. The summed E-state index contributed by atoms with van der Waals surface area (Å²) < 4.78 is 14.2. The Balaban J connectivity index is 2.25. The third-order valence-corrected chi connectivity index (χ3v) is 5.57. The Hall–Kier alpha value is -1.85. The molecule has 0 saturated carbocycles. The first-order chi connectivity index (χ1) is 12.5. The van der Waals surface area contributed by atoms with Gasteiger partial charge in [0.25, 0.3) is 0 Å². The zero-order chi connectivity index (χ0) is 18.8. The highest BCUT2D eigenvalue weighted by Crippen LogP contribution is 2.37. The monoisotopic (exact) mass is 416 g/mol. The van der Waals surface area contributed by atoms with Gasteiger partial charge in [-0.25, -0.2) is 4.98 Å². The van der Waals surface area contributed by atoms with Crippen LogP contribution in [-0.2, 0) is 11.3 Å². The highest BCUT2D eigenvalue weighted by molar-refractivity contribution is 9.10. The largest absolute Gasteiger partial charge is 0.494 e. The fourth-order valence-electron chi connectivity index (χ4n) is 3.16. The molecule has 5 heteroatoms. The molecule has 0 unspecified atom stereocenters. The van der Waals surface area contributed by atoms with Gasteiger partial charge in [0.15, 0.2) is 0 Å². The highest BCUT2D eigenvalue weighted by atomic mass is 79.9. The van der Waals surface area contributed by atoms with Crippen LogP contribution < -0.4 is 4.74 Å². The molecule has 0 saturated heterocycles. The van der Waals surface area contributed by atoms with E-state index in [9.17, 15) is 0 Å². The summed E-state index contributed by atoms with van der Waals surface area (Å²) in [7, 11) is 3.41. The average Bonchev–Trinajstić information content (AvgIpc) is 3.02. The Kier molecular flexibility index (Phi) is 5.68. The molecule has 1 heterocycles. The Morgan fingerprint density at radius 3 is 2.42 bits per heavy atom. The maximum absolute atomic E-state index is 5.65. The summed E-state index contributed by atoms with van der Waals surface area (Å²) in [6.07, 6.45) is 0. The van der Waals surface area contributed by atoms with E-state index >= 15 is 0 Å². The van der Waals surface area contributed by atoms with Crippen LogP contribution in [-0.4, -0.2) is 30.4 Å². The van der Waals surface area contributed by atoms with E-state index in [-0.39, 0.29) is 0 Å². The lowest BCUT2D eigenvalue weighted by molar-refractivity contribution is 0.188. The SMILES string of the molecule is COCCn1c(-c2ccc(C(C)C)cc2)nc2c(C)c(Br)cc(OC)c21. The number of fused-ring (bicyclic) bond motifs is 1.